The summed E-state index contributed by atoms with van der Waals surface area (Å²) in [4.78, 5) is 31.7. The lowest BCUT2D eigenvalue weighted by atomic mass is 10.2. The van der Waals surface area contributed by atoms with Gasteiger partial charge in [0, 0.05) is 7.11 Å². The van der Waals surface area contributed by atoms with Crippen LogP contribution >= 0.6 is 34.4 Å². The molecule has 0 atom stereocenters. The fourth-order valence-electron chi connectivity index (χ4n) is 3.19. The van der Waals surface area contributed by atoms with E-state index in [4.69, 9.17) is 23.7 Å². The van der Waals surface area contributed by atoms with Gasteiger partial charge in [-0.05, 0) is 89.3 Å². The van der Waals surface area contributed by atoms with Crippen molar-refractivity contribution in [1.29, 1.82) is 0 Å². The van der Waals surface area contributed by atoms with Gasteiger partial charge in [-0.1, -0.05) is 0 Å². The normalized spacial score (nSPS) is 15.5. The highest BCUT2D eigenvalue weighted by molar-refractivity contribution is 14.1. The Labute approximate surface area is 227 Å². The summed E-state index contributed by atoms with van der Waals surface area (Å²) >= 11 is 3.39. The number of amides is 1. The standard InChI is InChI=1S/C25H27IN2O7S/c1-5-34-22(29)15-35-23-19(26)12-16(13-20(23)33-4)14-21-24(30)28(10-11-31-2)25(36-21)27-17-6-8-18(32-3)9-7-17/h6-9,12-14H,5,10-11,15H2,1-4H3/b21-14-,27-25?. The molecule has 3 rings (SSSR count). The van der Waals surface area contributed by atoms with Crippen LogP contribution in [-0.4, -0.2) is 69.6 Å². The second-order valence-electron chi connectivity index (χ2n) is 7.28. The molecule has 192 valence electrons. The van der Waals surface area contributed by atoms with Crippen LogP contribution in [0.25, 0.3) is 6.08 Å². The zero-order chi connectivity index (χ0) is 26.1. The van der Waals surface area contributed by atoms with Crippen LogP contribution in [0, 0.1) is 3.57 Å². The molecular weight excluding hydrogens is 599 g/mol. The molecule has 36 heavy (non-hydrogen) atoms. The van der Waals surface area contributed by atoms with Crippen LogP contribution in [0.15, 0.2) is 46.3 Å². The maximum Gasteiger partial charge on any atom is 0.344 e. The first kappa shape index (κ1) is 27.8. The highest BCUT2D eigenvalue weighted by Crippen LogP contribution is 2.38. The van der Waals surface area contributed by atoms with Gasteiger partial charge in [-0.15, -0.1) is 0 Å². The monoisotopic (exact) mass is 626 g/mol. The SMILES string of the molecule is CCOC(=O)COc1c(I)cc(/C=C2\SC(=Nc3ccc(OC)cc3)N(CCOC)C2=O)cc1OC. The number of thioether (sulfide) groups is 1. The summed E-state index contributed by atoms with van der Waals surface area (Å²) in [6.07, 6.45) is 1.78. The fourth-order valence-corrected chi connectivity index (χ4v) is 4.99. The molecule has 1 aliphatic rings. The summed E-state index contributed by atoms with van der Waals surface area (Å²) in [6, 6.07) is 10.9. The zero-order valence-electron chi connectivity index (χ0n) is 20.4. The van der Waals surface area contributed by atoms with Crippen molar-refractivity contribution < 1.29 is 33.3 Å². The molecule has 1 amide bonds. The first-order valence-electron chi connectivity index (χ1n) is 11.0. The second-order valence-corrected chi connectivity index (χ2v) is 9.45. The molecule has 0 unspecified atom stereocenters. The van der Waals surface area contributed by atoms with E-state index in [1.54, 1.807) is 38.2 Å². The molecular formula is C25H27IN2O7S. The highest BCUT2D eigenvalue weighted by Gasteiger charge is 2.33. The molecule has 0 bridgehead atoms. The van der Waals surface area contributed by atoms with Crippen molar-refractivity contribution in [3.05, 3.63) is 50.4 Å². The lowest BCUT2D eigenvalue weighted by Crippen LogP contribution is -2.32. The lowest BCUT2D eigenvalue weighted by Gasteiger charge is -2.15. The summed E-state index contributed by atoms with van der Waals surface area (Å²) in [5.74, 6) is 0.971. The van der Waals surface area contributed by atoms with E-state index in [0.29, 0.717) is 40.4 Å². The zero-order valence-corrected chi connectivity index (χ0v) is 23.4. The summed E-state index contributed by atoms with van der Waals surface area (Å²) < 4.78 is 27.1. The van der Waals surface area contributed by atoms with Crippen LogP contribution < -0.4 is 14.2 Å². The van der Waals surface area contributed by atoms with Crippen molar-refractivity contribution in [2.75, 3.05) is 47.7 Å². The Kier molecular flexibility index (Phi) is 10.4. The predicted octanol–water partition coefficient (Wildman–Crippen LogP) is 4.50. The van der Waals surface area contributed by atoms with Crippen molar-refractivity contribution in [2.24, 2.45) is 4.99 Å². The topological polar surface area (TPSA) is 95.9 Å². The Balaban J connectivity index is 1.89. The third kappa shape index (κ3) is 7.14. The summed E-state index contributed by atoms with van der Waals surface area (Å²) in [5.41, 5.74) is 1.45. The molecule has 11 heteroatoms. The number of methoxy groups -OCH3 is 3. The van der Waals surface area contributed by atoms with E-state index >= 15 is 0 Å². The van der Waals surface area contributed by atoms with Crippen LogP contribution in [0.5, 0.6) is 17.2 Å². The van der Waals surface area contributed by atoms with Gasteiger partial charge in [0.25, 0.3) is 5.91 Å². The van der Waals surface area contributed by atoms with Crippen LogP contribution in [0.1, 0.15) is 12.5 Å². The summed E-state index contributed by atoms with van der Waals surface area (Å²) in [6.45, 7) is 2.53. The summed E-state index contributed by atoms with van der Waals surface area (Å²) in [7, 11) is 4.71. The Morgan fingerprint density at radius 2 is 1.89 bits per heavy atom. The van der Waals surface area contributed by atoms with Gasteiger partial charge < -0.3 is 23.7 Å². The lowest BCUT2D eigenvalue weighted by molar-refractivity contribution is -0.145. The van der Waals surface area contributed by atoms with Crippen molar-refractivity contribution in [1.82, 2.24) is 4.90 Å². The number of carbonyl (C=O) groups excluding carboxylic acids is 2. The number of carbonyl (C=O) groups is 2. The molecule has 1 aliphatic heterocycles. The first-order valence-corrected chi connectivity index (χ1v) is 12.9. The number of halogens is 1. The molecule has 0 aliphatic carbocycles. The molecule has 2 aromatic rings. The Morgan fingerprint density at radius 3 is 2.53 bits per heavy atom. The minimum atomic E-state index is -0.464. The molecule has 0 spiro atoms. The van der Waals surface area contributed by atoms with Gasteiger partial charge in [-0.3, -0.25) is 9.69 Å². The van der Waals surface area contributed by atoms with Crippen molar-refractivity contribution in [3.8, 4) is 17.2 Å². The molecule has 0 aromatic heterocycles. The van der Waals surface area contributed by atoms with E-state index in [2.05, 4.69) is 27.6 Å². The highest BCUT2D eigenvalue weighted by atomic mass is 127. The number of hydrogen-bond acceptors (Lipinski definition) is 9. The largest absolute Gasteiger partial charge is 0.497 e. The molecule has 9 nitrogen and oxygen atoms in total. The van der Waals surface area contributed by atoms with Gasteiger partial charge >= 0.3 is 5.97 Å². The number of aliphatic imine (C=N–C) groups is 1. The fraction of sp³-hybridized carbons (Fsp3) is 0.320. The number of hydrogen-bond donors (Lipinski definition) is 0. The van der Waals surface area contributed by atoms with E-state index in [1.165, 1.54) is 18.9 Å². The predicted molar refractivity (Wildman–Crippen MR) is 147 cm³/mol. The maximum atomic E-state index is 13.2. The summed E-state index contributed by atoms with van der Waals surface area (Å²) in [5, 5.41) is 0.560. The average Bonchev–Trinajstić information content (AvgIpc) is 3.15. The van der Waals surface area contributed by atoms with Gasteiger partial charge in [0.1, 0.15) is 5.75 Å². The van der Waals surface area contributed by atoms with Crippen molar-refractivity contribution in [3.63, 3.8) is 0 Å². The molecule has 0 saturated carbocycles. The van der Waals surface area contributed by atoms with Crippen molar-refractivity contribution >= 4 is 63.2 Å². The number of rotatable bonds is 11. The Bertz CT molecular complexity index is 1150. The van der Waals surface area contributed by atoms with Gasteiger partial charge in [-0.25, -0.2) is 9.79 Å². The third-order valence-electron chi connectivity index (χ3n) is 4.89. The van der Waals surface area contributed by atoms with Gasteiger partial charge in [-0.2, -0.15) is 0 Å². The maximum absolute atomic E-state index is 13.2. The minimum absolute atomic E-state index is 0.166. The van der Waals surface area contributed by atoms with E-state index in [1.807, 2.05) is 30.3 Å². The molecule has 2 aromatic carbocycles. The molecule has 1 heterocycles. The smallest absolute Gasteiger partial charge is 0.344 e. The van der Waals surface area contributed by atoms with Gasteiger partial charge in [0.15, 0.2) is 23.3 Å². The Morgan fingerprint density at radius 1 is 1.14 bits per heavy atom. The van der Waals surface area contributed by atoms with Crippen LogP contribution in [-0.2, 0) is 19.1 Å². The minimum Gasteiger partial charge on any atom is -0.497 e. The van der Waals surface area contributed by atoms with E-state index in [-0.39, 0.29) is 19.1 Å². The van der Waals surface area contributed by atoms with E-state index < -0.39 is 5.97 Å². The van der Waals surface area contributed by atoms with Crippen LogP contribution in [0.3, 0.4) is 0 Å². The molecule has 1 fully saturated rings. The van der Waals surface area contributed by atoms with Crippen molar-refractivity contribution in [2.45, 2.75) is 6.92 Å². The van der Waals surface area contributed by atoms with Gasteiger partial charge in [0.2, 0.25) is 0 Å². The number of amidine groups is 1. The second kappa shape index (κ2) is 13.5. The quantitative estimate of drug-likeness (QED) is 0.205. The van der Waals surface area contributed by atoms with E-state index in [9.17, 15) is 9.59 Å². The van der Waals surface area contributed by atoms with E-state index in [0.717, 1.165) is 14.9 Å². The number of esters is 1. The number of benzene rings is 2. The number of nitrogens with zero attached hydrogens (tertiary/aromatic N) is 2. The first-order chi connectivity index (χ1) is 17.4. The van der Waals surface area contributed by atoms with Crippen LogP contribution in [0.2, 0.25) is 0 Å². The molecule has 1 saturated heterocycles. The average molecular weight is 626 g/mol. The Hall–Kier alpha value is -2.77. The van der Waals surface area contributed by atoms with Gasteiger partial charge in [0.05, 0.1) is 48.1 Å². The third-order valence-corrected chi connectivity index (χ3v) is 6.70. The molecule has 0 radical (unpaired) electrons. The number of ether oxygens (including phenoxy) is 5. The molecule has 0 N–H and O–H groups in total. The van der Waals surface area contributed by atoms with Crippen LogP contribution in [0.4, 0.5) is 5.69 Å².